The first kappa shape index (κ1) is 15.6. The molecule has 1 aliphatic carbocycles. The van der Waals surface area contributed by atoms with E-state index in [4.69, 9.17) is 16.2 Å². The number of ether oxygens (including phenoxy) is 1. The van der Waals surface area contributed by atoms with E-state index in [0.29, 0.717) is 5.96 Å². The molecule has 0 atom stereocenters. The van der Waals surface area contributed by atoms with Crippen molar-refractivity contribution in [3.8, 4) is 5.75 Å². The number of hydrogen-bond donors (Lipinski definition) is 2. The van der Waals surface area contributed by atoms with E-state index in [2.05, 4.69) is 9.98 Å². The first-order valence-electron chi connectivity index (χ1n) is 8.27. The van der Waals surface area contributed by atoms with Gasteiger partial charge in [0.25, 0.3) is 0 Å². The highest BCUT2D eigenvalue weighted by Gasteiger charge is 2.42. The molecule has 3 rings (SSSR count). The number of nitrogens with two attached hydrogens (primary N) is 2. The minimum absolute atomic E-state index is 0.150. The summed E-state index contributed by atoms with van der Waals surface area (Å²) < 4.78 is 5.71. The number of hydrogen-bond acceptors (Lipinski definition) is 6. The third-order valence-corrected chi connectivity index (χ3v) is 4.32. The lowest BCUT2D eigenvalue weighted by molar-refractivity contribution is 0.242. The van der Waals surface area contributed by atoms with Gasteiger partial charge in [-0.25, -0.2) is 4.99 Å². The molecule has 23 heavy (non-hydrogen) atoms. The van der Waals surface area contributed by atoms with Gasteiger partial charge in [-0.3, -0.25) is 4.90 Å². The monoisotopic (exact) mass is 315 g/mol. The normalized spacial score (nSPS) is 20.4. The van der Waals surface area contributed by atoms with Crippen LogP contribution in [-0.4, -0.2) is 23.7 Å². The summed E-state index contributed by atoms with van der Waals surface area (Å²) in [6.07, 6.45) is 5.49. The molecule has 2 aliphatic rings. The van der Waals surface area contributed by atoms with Crippen LogP contribution in [-0.2, 0) is 0 Å². The van der Waals surface area contributed by atoms with Crippen LogP contribution in [0.15, 0.2) is 34.3 Å². The van der Waals surface area contributed by atoms with E-state index in [-0.39, 0.29) is 12.1 Å². The summed E-state index contributed by atoms with van der Waals surface area (Å²) in [5.41, 5.74) is 12.7. The van der Waals surface area contributed by atoms with Gasteiger partial charge in [0.2, 0.25) is 11.9 Å². The Morgan fingerprint density at radius 2 is 1.74 bits per heavy atom. The fourth-order valence-corrected chi connectivity index (χ4v) is 3.44. The van der Waals surface area contributed by atoms with Gasteiger partial charge in [0.1, 0.15) is 11.4 Å². The molecule has 124 valence electrons. The summed E-state index contributed by atoms with van der Waals surface area (Å²) in [5.74, 6) is 1.54. The van der Waals surface area contributed by atoms with E-state index in [9.17, 15) is 0 Å². The van der Waals surface area contributed by atoms with Gasteiger partial charge in [-0.05, 0) is 63.8 Å². The second kappa shape index (κ2) is 6.10. The molecule has 0 radical (unpaired) electrons. The summed E-state index contributed by atoms with van der Waals surface area (Å²) in [7, 11) is 0. The maximum atomic E-state index is 6.21. The van der Waals surface area contributed by atoms with Crippen molar-refractivity contribution in [1.82, 2.24) is 0 Å². The molecule has 6 heteroatoms. The summed E-state index contributed by atoms with van der Waals surface area (Å²) in [6, 6.07) is 7.93. The number of aliphatic imine (C=N–C) groups is 2. The number of nitrogens with zero attached hydrogens (tertiary/aromatic N) is 3. The lowest BCUT2D eigenvalue weighted by Crippen LogP contribution is -2.58. The molecular weight excluding hydrogens is 290 g/mol. The van der Waals surface area contributed by atoms with Gasteiger partial charge in [0.15, 0.2) is 0 Å². The zero-order chi connectivity index (χ0) is 16.4. The van der Waals surface area contributed by atoms with Crippen LogP contribution in [0.4, 0.5) is 5.69 Å². The van der Waals surface area contributed by atoms with E-state index in [0.717, 1.165) is 37.1 Å². The van der Waals surface area contributed by atoms with Crippen molar-refractivity contribution in [3.05, 3.63) is 24.3 Å². The van der Waals surface area contributed by atoms with E-state index in [1.54, 1.807) is 0 Å². The molecule has 0 unspecified atom stereocenters. The van der Waals surface area contributed by atoms with Crippen molar-refractivity contribution < 1.29 is 4.74 Å². The Labute approximate surface area is 137 Å². The minimum atomic E-state index is -0.394. The second-order valence-corrected chi connectivity index (χ2v) is 6.48. The van der Waals surface area contributed by atoms with Crippen molar-refractivity contribution in [2.75, 3.05) is 4.90 Å². The molecule has 0 bridgehead atoms. The number of rotatable bonds is 3. The van der Waals surface area contributed by atoms with Crippen LogP contribution in [0.5, 0.6) is 5.75 Å². The summed E-state index contributed by atoms with van der Waals surface area (Å²) in [5, 5.41) is 0. The SMILES string of the molecule is CC(C)Oc1ccc(N2C(N)=NC(N)=NC23CCCCC3)cc1. The molecule has 1 saturated carbocycles. The van der Waals surface area contributed by atoms with Crippen LogP contribution in [0.1, 0.15) is 46.0 Å². The topological polar surface area (TPSA) is 89.2 Å². The first-order valence-corrected chi connectivity index (χ1v) is 8.27. The number of anilines is 1. The number of guanidine groups is 2. The smallest absolute Gasteiger partial charge is 0.220 e. The Balaban J connectivity index is 1.93. The van der Waals surface area contributed by atoms with Crippen molar-refractivity contribution in [2.45, 2.75) is 57.7 Å². The fourth-order valence-electron chi connectivity index (χ4n) is 3.44. The van der Waals surface area contributed by atoms with Crippen molar-refractivity contribution in [3.63, 3.8) is 0 Å². The molecule has 1 aliphatic heterocycles. The highest BCUT2D eigenvalue weighted by atomic mass is 16.5. The van der Waals surface area contributed by atoms with Crippen LogP contribution < -0.4 is 21.1 Å². The van der Waals surface area contributed by atoms with Gasteiger partial charge in [-0.2, -0.15) is 4.99 Å². The van der Waals surface area contributed by atoms with Gasteiger partial charge >= 0.3 is 0 Å². The summed E-state index contributed by atoms with van der Waals surface area (Å²) >= 11 is 0. The van der Waals surface area contributed by atoms with E-state index in [1.165, 1.54) is 6.42 Å². The third-order valence-electron chi connectivity index (χ3n) is 4.32. The molecule has 6 nitrogen and oxygen atoms in total. The van der Waals surface area contributed by atoms with E-state index < -0.39 is 5.66 Å². The van der Waals surface area contributed by atoms with Crippen LogP contribution >= 0.6 is 0 Å². The second-order valence-electron chi connectivity index (χ2n) is 6.48. The third kappa shape index (κ3) is 3.11. The molecule has 1 aromatic carbocycles. The molecule has 1 heterocycles. The summed E-state index contributed by atoms with van der Waals surface area (Å²) in [6.45, 7) is 4.02. The van der Waals surface area contributed by atoms with Crippen molar-refractivity contribution >= 4 is 17.6 Å². The largest absolute Gasteiger partial charge is 0.491 e. The molecule has 1 fully saturated rings. The maximum Gasteiger partial charge on any atom is 0.220 e. The maximum absolute atomic E-state index is 6.21. The highest BCUT2D eigenvalue weighted by molar-refractivity contribution is 6.05. The van der Waals surface area contributed by atoms with Gasteiger partial charge in [0, 0.05) is 5.69 Å². The Kier molecular flexibility index (Phi) is 4.15. The Morgan fingerprint density at radius 1 is 1.09 bits per heavy atom. The van der Waals surface area contributed by atoms with Crippen LogP contribution in [0, 0.1) is 0 Å². The van der Waals surface area contributed by atoms with Gasteiger partial charge in [0.05, 0.1) is 6.10 Å². The zero-order valence-electron chi connectivity index (χ0n) is 13.8. The lowest BCUT2D eigenvalue weighted by Gasteiger charge is -2.45. The van der Waals surface area contributed by atoms with E-state index in [1.807, 2.05) is 43.0 Å². The van der Waals surface area contributed by atoms with Gasteiger partial charge in [-0.15, -0.1) is 0 Å². The predicted molar refractivity (Wildman–Crippen MR) is 93.7 cm³/mol. The van der Waals surface area contributed by atoms with Crippen molar-refractivity contribution in [1.29, 1.82) is 0 Å². The standard InChI is InChI=1S/C17H25N5O/c1-12(2)23-14-8-6-13(7-9-14)22-16(19)20-15(18)21-17(22)10-4-3-5-11-17/h6-9,12H,3-5,10-11H2,1-2H3,(H4,18,19,20,21). The molecular formula is C17H25N5O. The predicted octanol–water partition coefficient (Wildman–Crippen LogP) is 2.58. The number of benzene rings is 1. The Bertz CT molecular complexity index is 614. The van der Waals surface area contributed by atoms with Crippen LogP contribution in [0.3, 0.4) is 0 Å². The van der Waals surface area contributed by atoms with Gasteiger partial charge in [-0.1, -0.05) is 6.42 Å². The molecule has 1 aromatic rings. The molecule has 1 spiro atoms. The summed E-state index contributed by atoms with van der Waals surface area (Å²) in [4.78, 5) is 10.9. The zero-order valence-corrected chi connectivity index (χ0v) is 13.8. The van der Waals surface area contributed by atoms with E-state index >= 15 is 0 Å². The Hall–Kier alpha value is -2.24. The fraction of sp³-hybridized carbons (Fsp3) is 0.529. The highest BCUT2D eigenvalue weighted by Crippen LogP contribution is 2.39. The minimum Gasteiger partial charge on any atom is -0.491 e. The van der Waals surface area contributed by atoms with Crippen LogP contribution in [0.2, 0.25) is 0 Å². The molecule has 0 saturated heterocycles. The molecule has 0 aromatic heterocycles. The van der Waals surface area contributed by atoms with Gasteiger partial charge < -0.3 is 16.2 Å². The van der Waals surface area contributed by atoms with Crippen LogP contribution in [0.25, 0.3) is 0 Å². The average molecular weight is 315 g/mol. The average Bonchev–Trinajstić information content (AvgIpc) is 2.48. The van der Waals surface area contributed by atoms with Crippen molar-refractivity contribution in [2.24, 2.45) is 21.5 Å². The first-order chi connectivity index (χ1) is 11.0. The quantitative estimate of drug-likeness (QED) is 0.897. The lowest BCUT2D eigenvalue weighted by atomic mass is 9.87. The Morgan fingerprint density at radius 3 is 2.35 bits per heavy atom. The molecule has 0 amide bonds. The molecule has 4 N–H and O–H groups in total.